The van der Waals surface area contributed by atoms with Gasteiger partial charge in [0.15, 0.2) is 0 Å². The fourth-order valence-electron chi connectivity index (χ4n) is 2.59. The molecule has 1 N–H and O–H groups in total. The van der Waals surface area contributed by atoms with Crippen molar-refractivity contribution in [1.82, 2.24) is 10.2 Å². The van der Waals surface area contributed by atoms with Crippen molar-refractivity contribution < 1.29 is 9.18 Å². The number of carbonyl (C=O) groups is 1. The van der Waals surface area contributed by atoms with Crippen molar-refractivity contribution in [3.63, 3.8) is 0 Å². The van der Waals surface area contributed by atoms with Crippen LogP contribution in [0.15, 0.2) is 29.2 Å². The summed E-state index contributed by atoms with van der Waals surface area (Å²) < 4.78 is 12.8. The highest BCUT2D eigenvalue weighted by Gasteiger charge is 2.22. The number of carbonyl (C=O) groups excluding carboxylic acids is 1. The first-order chi connectivity index (χ1) is 10.2. The van der Waals surface area contributed by atoms with Crippen molar-refractivity contribution in [2.75, 3.05) is 32.4 Å². The molecular formula is C16H24ClFN2OS. The third-order valence-electron chi connectivity index (χ3n) is 3.95. The molecule has 0 spiro atoms. The lowest BCUT2D eigenvalue weighted by Crippen LogP contribution is -2.39. The smallest absolute Gasteiger partial charge is 0.232 e. The zero-order chi connectivity index (χ0) is 15.1. The van der Waals surface area contributed by atoms with Gasteiger partial charge in [0.05, 0.1) is 5.75 Å². The molecule has 6 heteroatoms. The lowest BCUT2D eigenvalue weighted by molar-refractivity contribution is -0.129. The summed E-state index contributed by atoms with van der Waals surface area (Å²) in [5.74, 6) is 1.13. The molecule has 1 aliphatic heterocycles. The van der Waals surface area contributed by atoms with Crippen LogP contribution in [0.2, 0.25) is 0 Å². The van der Waals surface area contributed by atoms with Crippen LogP contribution in [0, 0.1) is 11.7 Å². The number of halogens is 2. The van der Waals surface area contributed by atoms with Gasteiger partial charge >= 0.3 is 0 Å². The third-order valence-corrected chi connectivity index (χ3v) is 4.94. The number of benzene rings is 1. The molecule has 1 fully saturated rings. The van der Waals surface area contributed by atoms with E-state index in [9.17, 15) is 9.18 Å². The van der Waals surface area contributed by atoms with Gasteiger partial charge in [0.2, 0.25) is 5.91 Å². The Morgan fingerprint density at radius 1 is 1.32 bits per heavy atom. The molecule has 1 aliphatic rings. The topological polar surface area (TPSA) is 32.3 Å². The molecule has 0 aromatic heterocycles. The molecule has 2 rings (SSSR count). The Hall–Kier alpha value is -0.780. The zero-order valence-electron chi connectivity index (χ0n) is 12.9. The summed E-state index contributed by atoms with van der Waals surface area (Å²) in [5, 5.41) is 3.18. The van der Waals surface area contributed by atoms with E-state index < -0.39 is 0 Å². The highest BCUT2D eigenvalue weighted by Crippen LogP contribution is 2.22. The average Bonchev–Trinajstić information content (AvgIpc) is 2.52. The number of likely N-dealkylation sites (tertiary alicyclic amines) is 1. The minimum absolute atomic E-state index is 0. The monoisotopic (exact) mass is 346 g/mol. The summed E-state index contributed by atoms with van der Waals surface area (Å²) in [6.45, 7) is 2.80. The van der Waals surface area contributed by atoms with E-state index in [2.05, 4.69) is 5.32 Å². The normalized spacial score (nSPS) is 15.5. The van der Waals surface area contributed by atoms with Crippen molar-refractivity contribution in [3.05, 3.63) is 30.1 Å². The molecule has 1 saturated heterocycles. The first-order valence-corrected chi connectivity index (χ1v) is 8.48. The molecule has 1 amide bonds. The maximum Gasteiger partial charge on any atom is 0.232 e. The van der Waals surface area contributed by atoms with Gasteiger partial charge in [-0.3, -0.25) is 4.79 Å². The van der Waals surface area contributed by atoms with Crippen LogP contribution in [-0.4, -0.2) is 43.2 Å². The van der Waals surface area contributed by atoms with Crippen LogP contribution in [0.1, 0.15) is 19.3 Å². The summed E-state index contributed by atoms with van der Waals surface area (Å²) in [7, 11) is 1.98. The Kier molecular flexibility index (Phi) is 8.83. The van der Waals surface area contributed by atoms with Crippen LogP contribution in [0.3, 0.4) is 0 Å². The first kappa shape index (κ1) is 19.3. The Morgan fingerprint density at radius 3 is 2.55 bits per heavy atom. The Balaban J connectivity index is 0.00000242. The number of nitrogens with one attached hydrogen (secondary N) is 1. The highest BCUT2D eigenvalue weighted by atomic mass is 35.5. The second kappa shape index (κ2) is 10.1. The summed E-state index contributed by atoms with van der Waals surface area (Å²) in [5.41, 5.74) is 0. The van der Waals surface area contributed by atoms with E-state index in [1.54, 1.807) is 12.1 Å². The fourth-order valence-corrected chi connectivity index (χ4v) is 3.39. The largest absolute Gasteiger partial charge is 0.342 e. The van der Waals surface area contributed by atoms with Crippen molar-refractivity contribution in [3.8, 4) is 0 Å². The quantitative estimate of drug-likeness (QED) is 0.803. The number of nitrogens with zero attached hydrogens (tertiary/aromatic N) is 1. The number of thioether (sulfide) groups is 1. The number of amides is 1. The van der Waals surface area contributed by atoms with Crippen LogP contribution in [0.5, 0.6) is 0 Å². The number of hydrogen-bond acceptors (Lipinski definition) is 3. The van der Waals surface area contributed by atoms with E-state index in [1.807, 2.05) is 11.9 Å². The lowest BCUT2D eigenvalue weighted by atomic mass is 9.93. The average molecular weight is 347 g/mol. The minimum Gasteiger partial charge on any atom is -0.342 e. The van der Waals surface area contributed by atoms with Gasteiger partial charge in [-0.15, -0.1) is 24.2 Å². The van der Waals surface area contributed by atoms with Crippen LogP contribution in [-0.2, 0) is 4.79 Å². The molecule has 0 radical (unpaired) electrons. The number of rotatable bonds is 6. The molecule has 22 heavy (non-hydrogen) atoms. The molecular weight excluding hydrogens is 323 g/mol. The lowest BCUT2D eigenvalue weighted by Gasteiger charge is -2.32. The van der Waals surface area contributed by atoms with Crippen LogP contribution in [0.25, 0.3) is 0 Å². The molecule has 1 heterocycles. The second-order valence-corrected chi connectivity index (χ2v) is 6.51. The minimum atomic E-state index is -0.241. The highest BCUT2D eigenvalue weighted by molar-refractivity contribution is 8.00. The summed E-state index contributed by atoms with van der Waals surface area (Å²) in [6, 6.07) is 6.30. The summed E-state index contributed by atoms with van der Waals surface area (Å²) in [6.07, 6.45) is 3.41. The van der Waals surface area contributed by atoms with Crippen molar-refractivity contribution in [2.24, 2.45) is 5.92 Å². The van der Waals surface area contributed by atoms with Crippen LogP contribution in [0.4, 0.5) is 4.39 Å². The molecule has 0 aliphatic carbocycles. The van der Waals surface area contributed by atoms with E-state index in [1.165, 1.54) is 30.3 Å². The van der Waals surface area contributed by atoms with Gasteiger partial charge in [0, 0.05) is 18.0 Å². The van der Waals surface area contributed by atoms with E-state index in [-0.39, 0.29) is 24.1 Å². The molecule has 1 aromatic carbocycles. The van der Waals surface area contributed by atoms with Crippen LogP contribution >= 0.6 is 24.2 Å². The molecule has 0 bridgehead atoms. The summed E-state index contributed by atoms with van der Waals surface area (Å²) in [4.78, 5) is 15.1. The van der Waals surface area contributed by atoms with Gasteiger partial charge in [0.1, 0.15) is 5.82 Å². The molecule has 3 nitrogen and oxygen atoms in total. The van der Waals surface area contributed by atoms with Crippen molar-refractivity contribution in [2.45, 2.75) is 24.2 Å². The summed E-state index contributed by atoms with van der Waals surface area (Å²) >= 11 is 1.48. The Morgan fingerprint density at radius 2 is 1.95 bits per heavy atom. The SMILES string of the molecule is CNCCC1CCN(C(=O)CSc2ccc(F)cc2)CC1.Cl. The second-order valence-electron chi connectivity index (χ2n) is 5.46. The van der Waals surface area contributed by atoms with Gasteiger partial charge < -0.3 is 10.2 Å². The maximum absolute atomic E-state index is 12.8. The van der Waals surface area contributed by atoms with Crippen molar-refractivity contribution >= 4 is 30.1 Å². The van der Waals surface area contributed by atoms with Gasteiger partial charge in [-0.05, 0) is 63.0 Å². The van der Waals surface area contributed by atoms with E-state index in [0.717, 1.165) is 43.3 Å². The predicted molar refractivity (Wildman–Crippen MR) is 92.2 cm³/mol. The maximum atomic E-state index is 12.8. The zero-order valence-corrected chi connectivity index (χ0v) is 14.5. The van der Waals surface area contributed by atoms with Gasteiger partial charge in [-0.1, -0.05) is 0 Å². The molecule has 0 atom stereocenters. The standard InChI is InChI=1S/C16H23FN2OS.ClH/c1-18-9-6-13-7-10-19(11-8-13)16(20)12-21-15-4-2-14(17)3-5-15;/h2-5,13,18H,6-12H2,1H3;1H. The number of hydrogen-bond donors (Lipinski definition) is 1. The molecule has 0 saturated carbocycles. The molecule has 124 valence electrons. The van der Waals surface area contributed by atoms with Crippen molar-refractivity contribution in [1.29, 1.82) is 0 Å². The van der Waals surface area contributed by atoms with Crippen LogP contribution < -0.4 is 5.32 Å². The van der Waals surface area contributed by atoms with E-state index in [0.29, 0.717) is 5.75 Å². The van der Waals surface area contributed by atoms with Gasteiger partial charge in [-0.2, -0.15) is 0 Å². The Labute approximate surface area is 142 Å². The van der Waals surface area contributed by atoms with Gasteiger partial charge in [-0.25, -0.2) is 4.39 Å². The third kappa shape index (κ3) is 6.15. The Bertz CT molecular complexity index is 450. The molecule has 0 unspecified atom stereocenters. The number of piperidine rings is 1. The predicted octanol–water partition coefficient (Wildman–Crippen LogP) is 3.19. The van der Waals surface area contributed by atoms with E-state index >= 15 is 0 Å². The fraction of sp³-hybridized carbons (Fsp3) is 0.562. The van der Waals surface area contributed by atoms with E-state index in [4.69, 9.17) is 0 Å². The first-order valence-electron chi connectivity index (χ1n) is 7.50. The van der Waals surface area contributed by atoms with Gasteiger partial charge in [0.25, 0.3) is 0 Å². The molecule has 1 aromatic rings.